The number of halogens is 1. The molecule has 0 bridgehead atoms. The van der Waals surface area contributed by atoms with E-state index in [1.165, 1.54) is 63.5 Å². The lowest BCUT2D eigenvalue weighted by molar-refractivity contribution is -0.384. The molecule has 0 aromatic carbocycles. The van der Waals surface area contributed by atoms with Crippen molar-refractivity contribution < 1.29 is 4.92 Å². The van der Waals surface area contributed by atoms with Gasteiger partial charge in [0.05, 0.1) is 4.92 Å². The highest BCUT2D eigenvalue weighted by Crippen LogP contribution is 2.23. The molecule has 0 radical (unpaired) electrons. The second kappa shape index (κ2) is 12.1. The number of aromatic nitrogens is 1. The van der Waals surface area contributed by atoms with Crippen LogP contribution in [0.25, 0.3) is 0 Å². The summed E-state index contributed by atoms with van der Waals surface area (Å²) in [5.74, 6) is 0.262. The molecule has 6 heteroatoms. The Hall–Kier alpha value is -1.36. The molecule has 0 saturated carbocycles. The molecule has 0 fully saturated rings. The van der Waals surface area contributed by atoms with Gasteiger partial charge in [0.25, 0.3) is 0 Å². The molecule has 0 atom stereocenters. The van der Waals surface area contributed by atoms with Crippen molar-refractivity contribution in [2.45, 2.75) is 71.1 Å². The molecular weight excluding hydrogens is 314 g/mol. The summed E-state index contributed by atoms with van der Waals surface area (Å²) in [4.78, 5) is 14.5. The Labute approximate surface area is 144 Å². The second-order valence-corrected chi connectivity index (χ2v) is 6.25. The molecule has 1 aromatic heterocycles. The summed E-state index contributed by atoms with van der Waals surface area (Å²) >= 11 is 5.79. The summed E-state index contributed by atoms with van der Waals surface area (Å²) in [5, 5.41) is 14.2. The van der Waals surface area contributed by atoms with Crippen molar-refractivity contribution in [2.75, 3.05) is 11.9 Å². The minimum atomic E-state index is -0.440. The minimum absolute atomic E-state index is 0.0264. The van der Waals surface area contributed by atoms with Gasteiger partial charge in [0.15, 0.2) is 0 Å². The van der Waals surface area contributed by atoms with Crippen LogP contribution in [0, 0.1) is 10.1 Å². The van der Waals surface area contributed by atoms with E-state index in [-0.39, 0.29) is 16.7 Å². The molecule has 0 saturated heterocycles. The molecule has 23 heavy (non-hydrogen) atoms. The van der Waals surface area contributed by atoms with E-state index in [0.717, 1.165) is 12.8 Å². The molecule has 0 aliphatic rings. The zero-order valence-electron chi connectivity index (χ0n) is 14.0. The Balaban J connectivity index is 2.09. The van der Waals surface area contributed by atoms with Gasteiger partial charge in [-0.25, -0.2) is 4.98 Å². The predicted octanol–water partition coefficient (Wildman–Crippen LogP) is 5.98. The molecule has 130 valence electrons. The Morgan fingerprint density at radius 1 is 1.04 bits per heavy atom. The first-order valence-electron chi connectivity index (χ1n) is 8.70. The number of rotatable bonds is 13. The summed E-state index contributed by atoms with van der Waals surface area (Å²) in [7, 11) is 0. The molecule has 0 aliphatic carbocycles. The van der Waals surface area contributed by atoms with E-state index in [1.807, 2.05) is 0 Å². The molecule has 1 N–H and O–H groups in total. The van der Waals surface area contributed by atoms with Crippen LogP contribution in [0.1, 0.15) is 71.1 Å². The van der Waals surface area contributed by atoms with E-state index in [0.29, 0.717) is 6.54 Å². The summed E-state index contributed by atoms with van der Waals surface area (Å²) < 4.78 is 0. The van der Waals surface area contributed by atoms with Crippen LogP contribution in [0.4, 0.5) is 11.5 Å². The van der Waals surface area contributed by atoms with E-state index in [4.69, 9.17) is 11.6 Å². The van der Waals surface area contributed by atoms with Gasteiger partial charge in [-0.1, -0.05) is 76.3 Å². The van der Waals surface area contributed by atoms with Crippen molar-refractivity contribution in [2.24, 2.45) is 0 Å². The van der Waals surface area contributed by atoms with E-state index in [2.05, 4.69) is 17.2 Å². The van der Waals surface area contributed by atoms with Gasteiger partial charge in [0.2, 0.25) is 5.82 Å². The SMILES string of the molecule is CCCCCCCCCCCCNc1nc(Cl)ccc1[N+](=O)[O-]. The average molecular weight is 342 g/mol. The normalized spacial score (nSPS) is 10.7. The van der Waals surface area contributed by atoms with Crippen molar-refractivity contribution in [3.63, 3.8) is 0 Å². The minimum Gasteiger partial charge on any atom is -0.364 e. The van der Waals surface area contributed by atoms with Crippen LogP contribution in [-0.2, 0) is 0 Å². The van der Waals surface area contributed by atoms with E-state index >= 15 is 0 Å². The van der Waals surface area contributed by atoms with Crippen LogP contribution in [-0.4, -0.2) is 16.5 Å². The third kappa shape index (κ3) is 8.74. The van der Waals surface area contributed by atoms with Crippen LogP contribution in [0.5, 0.6) is 0 Å². The summed E-state index contributed by atoms with van der Waals surface area (Å²) in [5.41, 5.74) is -0.0264. The smallest absolute Gasteiger partial charge is 0.311 e. The molecule has 0 spiro atoms. The fourth-order valence-corrected chi connectivity index (χ4v) is 2.67. The number of unbranched alkanes of at least 4 members (excludes halogenated alkanes) is 9. The van der Waals surface area contributed by atoms with Crippen molar-refractivity contribution in [1.82, 2.24) is 4.98 Å². The van der Waals surface area contributed by atoms with Crippen LogP contribution in [0.15, 0.2) is 12.1 Å². The van der Waals surface area contributed by atoms with E-state index < -0.39 is 4.92 Å². The Kier molecular flexibility index (Phi) is 10.4. The van der Waals surface area contributed by atoms with Gasteiger partial charge in [0, 0.05) is 12.6 Å². The number of nitrogens with zero attached hydrogens (tertiary/aromatic N) is 2. The van der Waals surface area contributed by atoms with Gasteiger partial charge in [0.1, 0.15) is 5.15 Å². The highest BCUT2D eigenvalue weighted by atomic mass is 35.5. The first-order chi connectivity index (χ1) is 11.1. The van der Waals surface area contributed by atoms with Crippen LogP contribution in [0.3, 0.4) is 0 Å². The van der Waals surface area contributed by atoms with Crippen molar-refractivity contribution in [3.8, 4) is 0 Å². The zero-order chi connectivity index (χ0) is 16.9. The Morgan fingerprint density at radius 2 is 1.61 bits per heavy atom. The standard InChI is InChI=1S/C17H28ClN3O2/c1-2-3-4-5-6-7-8-9-10-11-14-19-17-15(21(22)23)12-13-16(18)20-17/h12-13H,2-11,14H2,1H3,(H,19,20). The second-order valence-electron chi connectivity index (χ2n) is 5.87. The van der Waals surface area contributed by atoms with E-state index in [1.54, 1.807) is 0 Å². The molecule has 0 amide bonds. The zero-order valence-corrected chi connectivity index (χ0v) is 14.8. The quantitative estimate of drug-likeness (QED) is 0.207. The lowest BCUT2D eigenvalue weighted by Gasteiger charge is -2.06. The molecule has 0 aliphatic heterocycles. The van der Waals surface area contributed by atoms with Gasteiger partial charge >= 0.3 is 5.69 Å². The maximum atomic E-state index is 10.9. The van der Waals surface area contributed by atoms with E-state index in [9.17, 15) is 10.1 Å². The monoisotopic (exact) mass is 341 g/mol. The highest BCUT2D eigenvalue weighted by Gasteiger charge is 2.14. The Morgan fingerprint density at radius 3 is 2.17 bits per heavy atom. The lowest BCUT2D eigenvalue weighted by Crippen LogP contribution is -2.06. The topological polar surface area (TPSA) is 68.1 Å². The maximum absolute atomic E-state index is 10.9. The number of nitro groups is 1. The van der Waals surface area contributed by atoms with Crippen LogP contribution < -0.4 is 5.32 Å². The largest absolute Gasteiger partial charge is 0.364 e. The molecule has 1 heterocycles. The number of pyridine rings is 1. The third-order valence-electron chi connectivity index (χ3n) is 3.86. The average Bonchev–Trinajstić information content (AvgIpc) is 2.52. The first-order valence-corrected chi connectivity index (χ1v) is 9.07. The Bertz CT molecular complexity index is 469. The molecule has 0 unspecified atom stereocenters. The first kappa shape index (κ1) is 19.7. The van der Waals surface area contributed by atoms with Crippen LogP contribution >= 0.6 is 11.6 Å². The van der Waals surface area contributed by atoms with Gasteiger partial charge in [-0.2, -0.15) is 0 Å². The summed E-state index contributed by atoms with van der Waals surface area (Å²) in [6, 6.07) is 2.82. The lowest BCUT2D eigenvalue weighted by atomic mass is 10.1. The third-order valence-corrected chi connectivity index (χ3v) is 4.07. The predicted molar refractivity (Wildman–Crippen MR) is 96.2 cm³/mol. The summed E-state index contributed by atoms with van der Waals surface area (Å²) in [6.45, 7) is 2.92. The molecule has 5 nitrogen and oxygen atoms in total. The van der Waals surface area contributed by atoms with Crippen LogP contribution in [0.2, 0.25) is 5.15 Å². The van der Waals surface area contributed by atoms with Crippen molar-refractivity contribution in [1.29, 1.82) is 0 Å². The fourth-order valence-electron chi connectivity index (χ4n) is 2.52. The van der Waals surface area contributed by atoms with Crippen molar-refractivity contribution >= 4 is 23.1 Å². The number of anilines is 1. The molecule has 1 rings (SSSR count). The summed E-state index contributed by atoms with van der Waals surface area (Å²) in [6.07, 6.45) is 12.7. The van der Waals surface area contributed by atoms with Gasteiger partial charge in [-0.05, 0) is 12.5 Å². The number of nitrogens with one attached hydrogen (secondary N) is 1. The number of hydrogen-bond donors (Lipinski definition) is 1. The van der Waals surface area contributed by atoms with Gasteiger partial charge in [-0.3, -0.25) is 10.1 Å². The van der Waals surface area contributed by atoms with Crippen molar-refractivity contribution in [3.05, 3.63) is 27.4 Å². The highest BCUT2D eigenvalue weighted by molar-refractivity contribution is 6.29. The molecular formula is C17H28ClN3O2. The van der Waals surface area contributed by atoms with Gasteiger partial charge in [-0.15, -0.1) is 0 Å². The fraction of sp³-hybridized carbons (Fsp3) is 0.706. The van der Waals surface area contributed by atoms with Gasteiger partial charge < -0.3 is 5.32 Å². The maximum Gasteiger partial charge on any atom is 0.311 e. The molecule has 1 aromatic rings. The number of hydrogen-bond acceptors (Lipinski definition) is 4.